The van der Waals surface area contributed by atoms with Crippen LogP contribution in [0.3, 0.4) is 0 Å². The molecule has 5 heteroatoms. The van der Waals surface area contributed by atoms with Gasteiger partial charge in [0, 0.05) is 0 Å². The van der Waals surface area contributed by atoms with Crippen LogP contribution in [-0.4, -0.2) is 29.1 Å². The SMILES string of the molecule is CC1=COC(=O)CN1C(=O)OC(C)(C)C. The lowest BCUT2D eigenvalue weighted by molar-refractivity contribution is -0.140. The molecule has 0 aromatic heterocycles. The lowest BCUT2D eigenvalue weighted by Crippen LogP contribution is -2.41. The maximum absolute atomic E-state index is 11.6. The van der Waals surface area contributed by atoms with Gasteiger partial charge in [0.1, 0.15) is 18.4 Å². The number of allylic oxidation sites excluding steroid dienone is 1. The van der Waals surface area contributed by atoms with Gasteiger partial charge in [-0.15, -0.1) is 0 Å². The minimum atomic E-state index is -0.571. The van der Waals surface area contributed by atoms with E-state index in [-0.39, 0.29) is 6.54 Å². The van der Waals surface area contributed by atoms with E-state index in [2.05, 4.69) is 4.74 Å². The van der Waals surface area contributed by atoms with Crippen LogP contribution in [0.25, 0.3) is 0 Å². The number of esters is 1. The predicted octanol–water partition coefficient (Wildman–Crippen LogP) is 1.64. The van der Waals surface area contributed by atoms with Crippen LogP contribution in [0, 0.1) is 0 Å². The largest absolute Gasteiger partial charge is 0.443 e. The fourth-order valence-electron chi connectivity index (χ4n) is 1.03. The number of carbonyl (C=O) groups excluding carboxylic acids is 2. The molecule has 0 spiro atoms. The average Bonchev–Trinajstić information content (AvgIpc) is 2.06. The molecule has 0 bridgehead atoms. The van der Waals surface area contributed by atoms with Gasteiger partial charge in [0.15, 0.2) is 0 Å². The molecule has 0 radical (unpaired) electrons. The second-order valence-electron chi connectivity index (χ2n) is 4.32. The fraction of sp³-hybridized carbons (Fsp3) is 0.600. The van der Waals surface area contributed by atoms with Crippen LogP contribution in [0.4, 0.5) is 4.79 Å². The van der Waals surface area contributed by atoms with Crippen molar-refractivity contribution in [3.63, 3.8) is 0 Å². The molecule has 1 rings (SSSR count). The van der Waals surface area contributed by atoms with E-state index < -0.39 is 17.7 Å². The molecule has 1 amide bonds. The first-order valence-electron chi connectivity index (χ1n) is 4.66. The molecule has 0 aromatic rings. The Morgan fingerprint density at radius 3 is 2.67 bits per heavy atom. The molecule has 0 aliphatic carbocycles. The molecule has 1 aliphatic rings. The van der Waals surface area contributed by atoms with E-state index in [0.29, 0.717) is 5.70 Å². The lowest BCUT2D eigenvalue weighted by Gasteiger charge is -2.28. The normalized spacial score (nSPS) is 16.9. The number of amides is 1. The maximum Gasteiger partial charge on any atom is 0.415 e. The number of hydrogen-bond acceptors (Lipinski definition) is 4. The zero-order valence-electron chi connectivity index (χ0n) is 9.36. The minimum absolute atomic E-state index is 0.1000. The number of hydrogen-bond donors (Lipinski definition) is 0. The molecule has 0 atom stereocenters. The smallest absolute Gasteiger partial charge is 0.415 e. The van der Waals surface area contributed by atoms with Gasteiger partial charge in [-0.1, -0.05) is 0 Å². The molecule has 0 unspecified atom stereocenters. The van der Waals surface area contributed by atoms with Crippen molar-refractivity contribution < 1.29 is 19.1 Å². The molecule has 0 saturated carbocycles. The van der Waals surface area contributed by atoms with Crippen molar-refractivity contribution in [3.8, 4) is 0 Å². The number of carbonyl (C=O) groups is 2. The third-order valence-electron chi connectivity index (χ3n) is 1.69. The van der Waals surface area contributed by atoms with Crippen molar-refractivity contribution in [1.29, 1.82) is 0 Å². The van der Waals surface area contributed by atoms with Crippen LogP contribution in [0.1, 0.15) is 27.7 Å². The zero-order chi connectivity index (χ0) is 11.6. The van der Waals surface area contributed by atoms with E-state index in [4.69, 9.17) is 4.74 Å². The van der Waals surface area contributed by atoms with Gasteiger partial charge in [-0.2, -0.15) is 0 Å². The quantitative estimate of drug-likeness (QED) is 0.574. The highest BCUT2D eigenvalue weighted by atomic mass is 16.6. The van der Waals surface area contributed by atoms with E-state index in [1.807, 2.05) is 0 Å². The van der Waals surface area contributed by atoms with Gasteiger partial charge in [-0.05, 0) is 27.7 Å². The average molecular weight is 213 g/mol. The summed E-state index contributed by atoms with van der Waals surface area (Å²) in [4.78, 5) is 23.8. The summed E-state index contributed by atoms with van der Waals surface area (Å²) in [5.74, 6) is -0.466. The summed E-state index contributed by atoms with van der Waals surface area (Å²) < 4.78 is 9.78. The molecule has 0 saturated heterocycles. The van der Waals surface area contributed by atoms with Crippen molar-refractivity contribution >= 4 is 12.1 Å². The van der Waals surface area contributed by atoms with Gasteiger partial charge < -0.3 is 9.47 Å². The molecule has 5 nitrogen and oxygen atoms in total. The highest BCUT2D eigenvalue weighted by Crippen LogP contribution is 2.15. The predicted molar refractivity (Wildman–Crippen MR) is 52.8 cm³/mol. The van der Waals surface area contributed by atoms with Gasteiger partial charge in [-0.3, -0.25) is 4.90 Å². The van der Waals surface area contributed by atoms with Crippen LogP contribution in [0.2, 0.25) is 0 Å². The van der Waals surface area contributed by atoms with Crippen LogP contribution in [0.5, 0.6) is 0 Å². The Bertz CT molecular complexity index is 314. The summed E-state index contributed by atoms with van der Waals surface area (Å²) in [5, 5.41) is 0. The van der Waals surface area contributed by atoms with Crippen molar-refractivity contribution in [2.24, 2.45) is 0 Å². The molecule has 0 aromatic carbocycles. The summed E-state index contributed by atoms with van der Waals surface area (Å²) >= 11 is 0. The molecule has 84 valence electrons. The third kappa shape index (κ3) is 3.27. The Labute approximate surface area is 88.6 Å². The molecule has 0 N–H and O–H groups in total. The number of rotatable bonds is 0. The molecule has 15 heavy (non-hydrogen) atoms. The van der Waals surface area contributed by atoms with Gasteiger partial charge >= 0.3 is 12.1 Å². The molecular weight excluding hydrogens is 198 g/mol. The lowest BCUT2D eigenvalue weighted by atomic mass is 10.2. The Balaban J connectivity index is 2.71. The second-order valence-corrected chi connectivity index (χ2v) is 4.32. The number of ether oxygens (including phenoxy) is 2. The highest BCUT2D eigenvalue weighted by molar-refractivity contribution is 5.81. The standard InChI is InChI=1S/C10H15NO4/c1-7-6-14-8(12)5-11(7)9(13)15-10(2,3)4/h6H,5H2,1-4H3. The molecule has 1 heterocycles. The molecule has 0 fully saturated rings. The fourth-order valence-corrected chi connectivity index (χ4v) is 1.03. The summed E-state index contributed by atoms with van der Waals surface area (Å²) in [7, 11) is 0. The van der Waals surface area contributed by atoms with E-state index >= 15 is 0 Å². The van der Waals surface area contributed by atoms with Gasteiger partial charge in [-0.25, -0.2) is 9.59 Å². The number of nitrogens with zero attached hydrogens (tertiary/aromatic N) is 1. The second kappa shape index (κ2) is 3.92. The van der Waals surface area contributed by atoms with Crippen LogP contribution >= 0.6 is 0 Å². The topological polar surface area (TPSA) is 55.8 Å². The summed E-state index contributed by atoms with van der Waals surface area (Å²) in [6.07, 6.45) is 0.711. The summed E-state index contributed by atoms with van der Waals surface area (Å²) in [6.45, 7) is 6.89. The molecule has 1 aliphatic heterocycles. The number of cyclic esters (lactones) is 1. The van der Waals surface area contributed by atoms with Gasteiger partial charge in [0.25, 0.3) is 0 Å². The van der Waals surface area contributed by atoms with E-state index in [0.717, 1.165) is 0 Å². The summed E-state index contributed by atoms with van der Waals surface area (Å²) in [5.41, 5.74) is -0.0116. The minimum Gasteiger partial charge on any atom is -0.443 e. The van der Waals surface area contributed by atoms with Crippen molar-refractivity contribution in [1.82, 2.24) is 4.90 Å². The first-order valence-corrected chi connectivity index (χ1v) is 4.66. The van der Waals surface area contributed by atoms with Crippen molar-refractivity contribution in [3.05, 3.63) is 12.0 Å². The Hall–Kier alpha value is -1.52. The Morgan fingerprint density at radius 1 is 1.53 bits per heavy atom. The maximum atomic E-state index is 11.6. The van der Waals surface area contributed by atoms with Crippen LogP contribution < -0.4 is 0 Å². The van der Waals surface area contributed by atoms with Gasteiger partial charge in [0.05, 0.1) is 5.70 Å². The van der Waals surface area contributed by atoms with Gasteiger partial charge in [0.2, 0.25) is 0 Å². The van der Waals surface area contributed by atoms with E-state index in [9.17, 15) is 9.59 Å². The first kappa shape index (κ1) is 11.6. The Morgan fingerprint density at radius 2 is 2.13 bits per heavy atom. The van der Waals surface area contributed by atoms with E-state index in [1.165, 1.54) is 11.2 Å². The van der Waals surface area contributed by atoms with E-state index in [1.54, 1.807) is 27.7 Å². The van der Waals surface area contributed by atoms with Crippen molar-refractivity contribution in [2.75, 3.05) is 6.54 Å². The van der Waals surface area contributed by atoms with Crippen LogP contribution in [0.15, 0.2) is 12.0 Å². The zero-order valence-corrected chi connectivity index (χ0v) is 9.36. The highest BCUT2D eigenvalue weighted by Gasteiger charge is 2.28. The monoisotopic (exact) mass is 213 g/mol. The first-order chi connectivity index (χ1) is 6.79. The third-order valence-corrected chi connectivity index (χ3v) is 1.69. The molecular formula is C10H15NO4. The van der Waals surface area contributed by atoms with Crippen molar-refractivity contribution in [2.45, 2.75) is 33.3 Å². The summed E-state index contributed by atoms with van der Waals surface area (Å²) in [6, 6.07) is 0. The van der Waals surface area contributed by atoms with Crippen LogP contribution in [-0.2, 0) is 14.3 Å². The Kier molecular flexibility index (Phi) is 3.02.